The highest BCUT2D eigenvalue weighted by Gasteiger charge is 2.16. The van der Waals surface area contributed by atoms with Crippen LogP contribution in [0.25, 0.3) is 0 Å². The molecule has 0 spiro atoms. The molecule has 98 valence electrons. The highest BCUT2D eigenvalue weighted by molar-refractivity contribution is 7.68. The maximum absolute atomic E-state index is 6.19. The molecule has 2 aromatic carbocycles. The molecule has 20 heavy (non-hydrogen) atoms. The van der Waals surface area contributed by atoms with Gasteiger partial charge in [-0.1, -0.05) is 60.7 Å². The van der Waals surface area contributed by atoms with Crippen LogP contribution >= 0.6 is 8.15 Å². The predicted octanol–water partition coefficient (Wildman–Crippen LogP) is 3.51. The summed E-state index contributed by atoms with van der Waals surface area (Å²) in [6, 6.07) is 24.5. The van der Waals surface area contributed by atoms with Crippen molar-refractivity contribution in [3.8, 4) is 5.75 Å². The van der Waals surface area contributed by atoms with Gasteiger partial charge in [0.1, 0.15) is 5.75 Å². The first-order valence-corrected chi connectivity index (χ1v) is 7.68. The minimum atomic E-state index is -0.867. The minimum Gasteiger partial charge on any atom is -0.463 e. The van der Waals surface area contributed by atoms with E-state index in [0.717, 1.165) is 5.75 Å². The molecule has 0 aliphatic carbocycles. The molecule has 0 saturated heterocycles. The molecule has 0 atom stereocenters. The van der Waals surface area contributed by atoms with Gasteiger partial charge in [0, 0.05) is 16.8 Å². The van der Waals surface area contributed by atoms with Crippen molar-refractivity contribution < 1.29 is 4.52 Å². The Labute approximate surface area is 119 Å². The van der Waals surface area contributed by atoms with Crippen molar-refractivity contribution in [2.24, 2.45) is 0 Å². The summed E-state index contributed by atoms with van der Waals surface area (Å²) in [5.74, 6) is 0.798. The third kappa shape index (κ3) is 3.04. The van der Waals surface area contributed by atoms with Gasteiger partial charge in [-0.05, 0) is 12.1 Å². The van der Waals surface area contributed by atoms with Crippen molar-refractivity contribution in [3.05, 3.63) is 85.2 Å². The Morgan fingerprint density at radius 2 is 1.30 bits per heavy atom. The normalized spacial score (nSPS) is 10.4. The second-order valence-corrected chi connectivity index (χ2v) is 6.05. The van der Waals surface area contributed by atoms with Gasteiger partial charge in [-0.3, -0.25) is 4.98 Å². The summed E-state index contributed by atoms with van der Waals surface area (Å²) in [5.41, 5.74) is 0. The third-order valence-electron chi connectivity index (χ3n) is 2.81. The summed E-state index contributed by atoms with van der Waals surface area (Å²) in [6.07, 6.45) is 3.50. The molecule has 3 aromatic rings. The Morgan fingerprint density at radius 1 is 0.700 bits per heavy atom. The molecule has 0 radical (unpaired) electrons. The summed E-state index contributed by atoms with van der Waals surface area (Å²) < 4.78 is 6.19. The molecular formula is C17H14NOP. The van der Waals surface area contributed by atoms with Crippen LogP contribution in [-0.2, 0) is 0 Å². The van der Waals surface area contributed by atoms with Crippen molar-refractivity contribution in [2.75, 3.05) is 0 Å². The Kier molecular flexibility index (Phi) is 4.05. The van der Waals surface area contributed by atoms with Crippen LogP contribution in [-0.4, -0.2) is 4.98 Å². The van der Waals surface area contributed by atoms with Gasteiger partial charge in [0.25, 0.3) is 0 Å². The van der Waals surface area contributed by atoms with Crippen LogP contribution in [0, 0.1) is 0 Å². The fourth-order valence-electron chi connectivity index (χ4n) is 1.89. The molecule has 3 heteroatoms. The summed E-state index contributed by atoms with van der Waals surface area (Å²) in [5, 5.41) is 2.38. The van der Waals surface area contributed by atoms with Crippen molar-refractivity contribution in [1.82, 2.24) is 4.98 Å². The first-order valence-electron chi connectivity index (χ1n) is 6.42. The summed E-state index contributed by atoms with van der Waals surface area (Å²) in [4.78, 5) is 4.11. The van der Waals surface area contributed by atoms with E-state index in [1.165, 1.54) is 10.6 Å². The third-order valence-corrected chi connectivity index (χ3v) is 4.74. The zero-order valence-electron chi connectivity index (χ0n) is 10.9. The van der Waals surface area contributed by atoms with Gasteiger partial charge in [-0.15, -0.1) is 0 Å². The topological polar surface area (TPSA) is 22.1 Å². The lowest BCUT2D eigenvalue weighted by Gasteiger charge is -2.18. The van der Waals surface area contributed by atoms with E-state index in [9.17, 15) is 0 Å². The highest BCUT2D eigenvalue weighted by atomic mass is 31.1. The maximum Gasteiger partial charge on any atom is 0.150 e. The van der Waals surface area contributed by atoms with Crippen LogP contribution in [0.3, 0.4) is 0 Å². The Balaban J connectivity index is 1.96. The molecule has 0 N–H and O–H groups in total. The van der Waals surface area contributed by atoms with Crippen molar-refractivity contribution >= 4 is 18.8 Å². The van der Waals surface area contributed by atoms with Crippen LogP contribution in [0.5, 0.6) is 5.75 Å². The molecule has 0 aliphatic rings. The molecule has 1 heterocycles. The first-order chi connectivity index (χ1) is 9.93. The largest absolute Gasteiger partial charge is 0.463 e. The summed E-state index contributed by atoms with van der Waals surface area (Å²) in [7, 11) is -0.867. The van der Waals surface area contributed by atoms with Gasteiger partial charge in [0.15, 0.2) is 8.15 Å². The van der Waals surface area contributed by atoms with Gasteiger partial charge in [-0.2, -0.15) is 0 Å². The zero-order chi connectivity index (χ0) is 13.6. The van der Waals surface area contributed by atoms with Gasteiger partial charge in [0.05, 0.1) is 6.20 Å². The number of hydrogen-bond donors (Lipinski definition) is 0. The molecule has 0 unspecified atom stereocenters. The number of pyridine rings is 1. The molecule has 0 bridgehead atoms. The Bertz CT molecular complexity index is 604. The van der Waals surface area contributed by atoms with Crippen LogP contribution in [0.4, 0.5) is 0 Å². The number of nitrogens with zero attached hydrogens (tertiary/aromatic N) is 1. The lowest BCUT2D eigenvalue weighted by molar-refractivity contribution is 0.625. The smallest absolute Gasteiger partial charge is 0.150 e. The highest BCUT2D eigenvalue weighted by Crippen LogP contribution is 2.35. The SMILES string of the molecule is c1ccc(P(Oc2cccnc2)c2ccccc2)cc1. The van der Waals surface area contributed by atoms with Crippen LogP contribution in [0.15, 0.2) is 85.2 Å². The van der Waals surface area contributed by atoms with Crippen LogP contribution in [0.1, 0.15) is 0 Å². The Morgan fingerprint density at radius 3 is 1.80 bits per heavy atom. The number of hydrogen-bond acceptors (Lipinski definition) is 2. The van der Waals surface area contributed by atoms with E-state index in [2.05, 4.69) is 29.2 Å². The van der Waals surface area contributed by atoms with E-state index in [4.69, 9.17) is 4.52 Å². The van der Waals surface area contributed by atoms with Gasteiger partial charge in [0.2, 0.25) is 0 Å². The molecular weight excluding hydrogens is 265 g/mol. The number of benzene rings is 2. The van der Waals surface area contributed by atoms with Crippen molar-refractivity contribution in [2.45, 2.75) is 0 Å². The van der Waals surface area contributed by atoms with E-state index in [1.807, 2.05) is 48.5 Å². The number of aromatic nitrogens is 1. The van der Waals surface area contributed by atoms with Crippen molar-refractivity contribution in [1.29, 1.82) is 0 Å². The molecule has 0 amide bonds. The van der Waals surface area contributed by atoms with Crippen LogP contribution < -0.4 is 15.1 Å². The molecule has 3 rings (SSSR count). The second-order valence-electron chi connectivity index (χ2n) is 4.25. The predicted molar refractivity (Wildman–Crippen MR) is 83.9 cm³/mol. The Hall–Kier alpha value is -2.18. The van der Waals surface area contributed by atoms with E-state index in [1.54, 1.807) is 12.4 Å². The van der Waals surface area contributed by atoms with E-state index in [-0.39, 0.29) is 0 Å². The maximum atomic E-state index is 6.19. The first kappa shape index (κ1) is 12.8. The zero-order valence-corrected chi connectivity index (χ0v) is 11.8. The fourth-order valence-corrected chi connectivity index (χ4v) is 3.60. The lowest BCUT2D eigenvalue weighted by Crippen LogP contribution is -2.15. The van der Waals surface area contributed by atoms with E-state index < -0.39 is 8.15 Å². The standard InChI is InChI=1S/C17H14NOP/c1-3-9-16(10-4-1)20(17-11-5-2-6-12-17)19-15-8-7-13-18-14-15/h1-14H. The average Bonchev–Trinajstić information content (AvgIpc) is 2.55. The molecule has 0 saturated carbocycles. The monoisotopic (exact) mass is 279 g/mol. The average molecular weight is 279 g/mol. The second kappa shape index (κ2) is 6.31. The van der Waals surface area contributed by atoms with Gasteiger partial charge >= 0.3 is 0 Å². The fraction of sp³-hybridized carbons (Fsp3) is 0. The van der Waals surface area contributed by atoms with E-state index >= 15 is 0 Å². The summed E-state index contributed by atoms with van der Waals surface area (Å²) in [6.45, 7) is 0. The lowest BCUT2D eigenvalue weighted by atomic mass is 10.4. The van der Waals surface area contributed by atoms with E-state index in [0.29, 0.717) is 0 Å². The van der Waals surface area contributed by atoms with Crippen LogP contribution in [0.2, 0.25) is 0 Å². The molecule has 2 nitrogen and oxygen atoms in total. The van der Waals surface area contributed by atoms with Gasteiger partial charge < -0.3 is 4.52 Å². The quantitative estimate of drug-likeness (QED) is 0.682. The molecule has 0 fully saturated rings. The minimum absolute atomic E-state index is 0.798. The molecule has 0 aliphatic heterocycles. The van der Waals surface area contributed by atoms with Gasteiger partial charge in [-0.25, -0.2) is 0 Å². The molecule has 1 aromatic heterocycles. The van der Waals surface area contributed by atoms with Crippen molar-refractivity contribution in [3.63, 3.8) is 0 Å². The number of rotatable bonds is 4. The summed E-state index contributed by atoms with van der Waals surface area (Å²) >= 11 is 0.